The average Bonchev–Trinajstić information content (AvgIpc) is 2.77. The molecule has 0 aliphatic carbocycles. The fourth-order valence-electron chi connectivity index (χ4n) is 4.44. The van der Waals surface area contributed by atoms with Crippen LogP contribution < -0.4 is 10.1 Å². The smallest absolute Gasteiger partial charge is 0.418 e. The van der Waals surface area contributed by atoms with Gasteiger partial charge in [-0.3, -0.25) is 0 Å². The van der Waals surface area contributed by atoms with Crippen LogP contribution in [0.1, 0.15) is 31.7 Å². The van der Waals surface area contributed by atoms with Crippen molar-refractivity contribution in [1.29, 1.82) is 0 Å². The van der Waals surface area contributed by atoms with Gasteiger partial charge in [0.05, 0.1) is 25.5 Å². The van der Waals surface area contributed by atoms with Crippen LogP contribution in [-0.4, -0.2) is 40.2 Å². The Labute approximate surface area is 178 Å². The lowest BCUT2D eigenvalue weighted by atomic mass is 9.67. The number of halogens is 3. The molecule has 0 saturated heterocycles. The Hall–Kier alpha value is -2.87. The van der Waals surface area contributed by atoms with Gasteiger partial charge in [-0.05, 0) is 31.4 Å². The average molecular weight is 431 g/mol. The molecule has 0 spiro atoms. The molecule has 164 valence electrons. The van der Waals surface area contributed by atoms with Gasteiger partial charge in [-0.2, -0.15) is 23.4 Å². The number of fused-ring (bicyclic) bond motifs is 2. The van der Waals surface area contributed by atoms with E-state index in [1.165, 1.54) is 6.20 Å². The van der Waals surface area contributed by atoms with Crippen LogP contribution in [0.4, 0.5) is 18.9 Å². The second-order valence-corrected chi connectivity index (χ2v) is 8.09. The van der Waals surface area contributed by atoms with E-state index in [0.717, 1.165) is 5.39 Å². The van der Waals surface area contributed by atoms with Crippen molar-refractivity contribution >= 4 is 16.5 Å². The number of aromatic nitrogens is 2. The van der Waals surface area contributed by atoms with Gasteiger partial charge in [0.1, 0.15) is 5.75 Å². The quantitative estimate of drug-likeness (QED) is 0.584. The number of nitrogens with zero attached hydrogens (tertiary/aromatic N) is 2. The standard InChI is InChI=1S/C23H24F3N3O2/c1-2-21(10-11-31-20-9-4-3-7-18(20)21)14-22(30,23(24,25)26)15-27-19-8-5-6-16-12-28-29-13-17(16)19/h3-9,12-13,27,30H,2,10-11,14-15H2,1H3. The van der Waals surface area contributed by atoms with Crippen molar-refractivity contribution in [1.82, 2.24) is 10.2 Å². The van der Waals surface area contributed by atoms with Crippen LogP contribution in [-0.2, 0) is 5.41 Å². The summed E-state index contributed by atoms with van der Waals surface area (Å²) in [4.78, 5) is 0. The van der Waals surface area contributed by atoms with Crippen molar-refractivity contribution in [2.75, 3.05) is 18.5 Å². The first kappa shape index (κ1) is 21.4. The molecule has 1 aliphatic rings. The molecule has 2 aromatic carbocycles. The number of para-hydroxylation sites is 1. The maximum Gasteiger partial charge on any atom is 0.418 e. The minimum Gasteiger partial charge on any atom is -0.493 e. The summed E-state index contributed by atoms with van der Waals surface area (Å²) in [6.45, 7) is 1.49. The summed E-state index contributed by atoms with van der Waals surface area (Å²) >= 11 is 0. The van der Waals surface area contributed by atoms with Gasteiger partial charge in [0.15, 0.2) is 5.60 Å². The predicted octanol–water partition coefficient (Wildman–Crippen LogP) is 4.86. The topological polar surface area (TPSA) is 67.3 Å². The van der Waals surface area contributed by atoms with E-state index < -0.39 is 30.2 Å². The first-order valence-electron chi connectivity index (χ1n) is 10.2. The minimum atomic E-state index is -4.82. The minimum absolute atomic E-state index is 0.314. The molecule has 0 radical (unpaired) electrons. The molecular formula is C23H24F3N3O2. The number of benzene rings is 2. The summed E-state index contributed by atoms with van der Waals surface area (Å²) in [6.07, 6.45) is -1.38. The van der Waals surface area contributed by atoms with Crippen molar-refractivity contribution in [3.8, 4) is 5.75 Å². The van der Waals surface area contributed by atoms with E-state index in [0.29, 0.717) is 41.8 Å². The van der Waals surface area contributed by atoms with Gasteiger partial charge in [0, 0.05) is 27.4 Å². The van der Waals surface area contributed by atoms with Gasteiger partial charge in [-0.25, -0.2) is 0 Å². The monoisotopic (exact) mass is 431 g/mol. The lowest BCUT2D eigenvalue weighted by molar-refractivity contribution is -0.262. The first-order chi connectivity index (χ1) is 14.8. The van der Waals surface area contributed by atoms with Crippen molar-refractivity contribution in [2.24, 2.45) is 0 Å². The van der Waals surface area contributed by atoms with Crippen LogP contribution in [0.25, 0.3) is 10.8 Å². The SMILES string of the molecule is CCC1(CC(O)(CNc2cccc3cnncc23)C(F)(F)F)CCOc2ccccc21. The number of hydrogen-bond acceptors (Lipinski definition) is 5. The third-order valence-electron chi connectivity index (χ3n) is 6.29. The molecule has 0 fully saturated rings. The highest BCUT2D eigenvalue weighted by molar-refractivity contribution is 5.92. The number of ether oxygens (including phenoxy) is 1. The molecule has 2 N–H and O–H groups in total. The maximum absolute atomic E-state index is 14.2. The van der Waals surface area contributed by atoms with Gasteiger partial charge >= 0.3 is 6.18 Å². The van der Waals surface area contributed by atoms with E-state index in [-0.39, 0.29) is 0 Å². The van der Waals surface area contributed by atoms with Crippen molar-refractivity contribution in [3.05, 3.63) is 60.4 Å². The van der Waals surface area contributed by atoms with Crippen molar-refractivity contribution < 1.29 is 23.0 Å². The largest absolute Gasteiger partial charge is 0.493 e. The number of alkyl halides is 3. The highest BCUT2D eigenvalue weighted by Crippen LogP contribution is 2.49. The third-order valence-corrected chi connectivity index (χ3v) is 6.29. The van der Waals surface area contributed by atoms with E-state index in [4.69, 9.17) is 4.74 Å². The Morgan fingerprint density at radius 3 is 2.65 bits per heavy atom. The second-order valence-electron chi connectivity index (χ2n) is 8.09. The summed E-state index contributed by atoms with van der Waals surface area (Å²) < 4.78 is 48.3. The first-order valence-corrected chi connectivity index (χ1v) is 10.2. The molecule has 2 atom stereocenters. The Balaban J connectivity index is 1.67. The Bertz CT molecular complexity index is 1070. The molecule has 8 heteroatoms. The van der Waals surface area contributed by atoms with Crippen LogP contribution in [0.2, 0.25) is 0 Å². The van der Waals surface area contributed by atoms with Gasteiger partial charge in [-0.1, -0.05) is 37.3 Å². The maximum atomic E-state index is 14.2. The highest BCUT2D eigenvalue weighted by atomic mass is 19.4. The van der Waals surface area contributed by atoms with E-state index in [1.54, 1.807) is 48.7 Å². The molecule has 1 aromatic heterocycles. The van der Waals surface area contributed by atoms with Crippen LogP contribution in [0.15, 0.2) is 54.9 Å². The Morgan fingerprint density at radius 1 is 1.10 bits per heavy atom. The summed E-state index contributed by atoms with van der Waals surface area (Å²) in [6, 6.07) is 12.3. The van der Waals surface area contributed by atoms with Crippen molar-refractivity contribution in [2.45, 2.75) is 43.4 Å². The highest BCUT2D eigenvalue weighted by Gasteiger charge is 2.57. The molecular weight excluding hydrogens is 407 g/mol. The zero-order valence-electron chi connectivity index (χ0n) is 17.1. The second kappa shape index (κ2) is 8.00. The molecule has 0 amide bonds. The Kier molecular flexibility index (Phi) is 5.51. The van der Waals surface area contributed by atoms with Crippen molar-refractivity contribution in [3.63, 3.8) is 0 Å². The molecule has 0 saturated carbocycles. The van der Waals surface area contributed by atoms with E-state index >= 15 is 0 Å². The van der Waals surface area contributed by atoms with Gasteiger partial charge in [0.25, 0.3) is 0 Å². The zero-order chi connectivity index (χ0) is 22.1. The number of nitrogens with one attached hydrogen (secondary N) is 1. The van der Waals surface area contributed by atoms with E-state index in [1.807, 2.05) is 6.92 Å². The lowest BCUT2D eigenvalue weighted by Gasteiger charge is -2.44. The van der Waals surface area contributed by atoms with Crippen LogP contribution in [0.5, 0.6) is 5.75 Å². The summed E-state index contributed by atoms with van der Waals surface area (Å²) in [5, 5.41) is 22.8. The fraction of sp³-hybridized carbons (Fsp3) is 0.391. The lowest BCUT2D eigenvalue weighted by Crippen LogP contribution is -2.55. The van der Waals surface area contributed by atoms with Gasteiger partial charge in [0.2, 0.25) is 0 Å². The molecule has 2 unspecified atom stereocenters. The predicted molar refractivity (Wildman–Crippen MR) is 112 cm³/mol. The molecule has 4 rings (SSSR count). The number of aliphatic hydroxyl groups is 1. The summed E-state index contributed by atoms with van der Waals surface area (Å²) in [5.74, 6) is 0.584. The molecule has 2 heterocycles. The zero-order valence-corrected chi connectivity index (χ0v) is 17.1. The summed E-state index contributed by atoms with van der Waals surface area (Å²) in [7, 11) is 0. The fourth-order valence-corrected chi connectivity index (χ4v) is 4.44. The molecule has 3 aromatic rings. The van der Waals surface area contributed by atoms with Crippen LogP contribution in [0, 0.1) is 0 Å². The molecule has 31 heavy (non-hydrogen) atoms. The Morgan fingerprint density at radius 2 is 1.87 bits per heavy atom. The van der Waals surface area contributed by atoms with Gasteiger partial charge in [-0.15, -0.1) is 0 Å². The molecule has 1 aliphatic heterocycles. The number of anilines is 1. The number of hydrogen-bond donors (Lipinski definition) is 2. The molecule has 0 bridgehead atoms. The number of rotatable bonds is 6. The van der Waals surface area contributed by atoms with Gasteiger partial charge < -0.3 is 15.2 Å². The van der Waals surface area contributed by atoms with E-state index in [9.17, 15) is 18.3 Å². The summed E-state index contributed by atoms with van der Waals surface area (Å²) in [5.41, 5.74) is -2.60. The third kappa shape index (κ3) is 3.92. The molecule has 5 nitrogen and oxygen atoms in total. The normalized spacial score (nSPS) is 20.5. The van der Waals surface area contributed by atoms with Crippen LogP contribution >= 0.6 is 0 Å². The van der Waals surface area contributed by atoms with E-state index in [2.05, 4.69) is 15.5 Å². The van der Waals surface area contributed by atoms with Crippen LogP contribution in [0.3, 0.4) is 0 Å².